The molecule has 0 fully saturated rings. The van der Waals surface area contributed by atoms with Crippen LogP contribution in [0, 0.1) is 0 Å². The summed E-state index contributed by atoms with van der Waals surface area (Å²) in [6.45, 7) is 0. The van der Waals surface area contributed by atoms with E-state index >= 15 is 0 Å². The molecule has 0 aliphatic carbocycles. The number of benzene rings is 6. The molecule has 0 radical (unpaired) electrons. The van der Waals surface area contributed by atoms with Crippen LogP contribution in [0.1, 0.15) is 0 Å². The maximum atomic E-state index is 5.41. The molecule has 0 amide bonds. The number of aromatic nitrogens is 3. The van der Waals surface area contributed by atoms with Gasteiger partial charge in [0.05, 0.1) is 33.1 Å². The number of rotatable bonds is 2. The van der Waals surface area contributed by atoms with E-state index in [1.54, 1.807) is 0 Å². The van der Waals surface area contributed by atoms with Crippen LogP contribution in [0.15, 0.2) is 168 Å². The third-order valence-corrected chi connectivity index (χ3v) is 9.29. The molecule has 6 aromatic carbocycles. The van der Waals surface area contributed by atoms with Gasteiger partial charge in [-0.15, -0.1) is 5.73 Å². The Morgan fingerprint density at radius 3 is 1.50 bits per heavy atom. The lowest BCUT2D eigenvalue weighted by Crippen LogP contribution is -2.09. The van der Waals surface area contributed by atoms with Crippen LogP contribution in [0.4, 0.5) is 0 Å². The molecule has 0 N–H and O–H groups in total. The molecule has 0 atom stereocenters. The topological polar surface area (TPSA) is 27.1 Å². The van der Waals surface area contributed by atoms with Gasteiger partial charge >= 0.3 is 0 Å². The van der Waals surface area contributed by atoms with Crippen LogP contribution in [0.5, 0.6) is 0 Å². The minimum atomic E-state index is 0.824. The number of hydrogen-bond acceptors (Lipinski definition) is 1. The monoisotopic (exact) mass is 586 g/mol. The highest BCUT2D eigenvalue weighted by molar-refractivity contribution is 6.29. The molecular formula is C42H26N4. The maximum Gasteiger partial charge on any atom is 0.147 e. The molecule has 9 aromatic rings. The van der Waals surface area contributed by atoms with Crippen molar-refractivity contribution < 1.29 is 0 Å². The minimum Gasteiger partial charge on any atom is -0.309 e. The van der Waals surface area contributed by atoms with Gasteiger partial charge < -0.3 is 4.57 Å². The molecule has 4 nitrogen and oxygen atoms in total. The maximum absolute atomic E-state index is 5.41. The summed E-state index contributed by atoms with van der Waals surface area (Å²) in [5, 5.41) is 7.34. The fraction of sp³-hybridized carbons (Fsp3) is 0. The average Bonchev–Trinajstić information content (AvgIpc) is 3.67. The number of fused-ring (bicyclic) bond motifs is 10. The Morgan fingerprint density at radius 2 is 0.891 bits per heavy atom. The second kappa shape index (κ2) is 9.57. The Balaban J connectivity index is 1.29. The standard InChI is InChI=1S/C42H26N4/c1-2-14-28(15-3-1)44-35-22-10-6-18-31(35)41-37(44)26-27-38-42(41)32-19-7-11-23-36(32)46(38)40-25-13-12-24-39(43-40)45-33-20-8-4-16-29(33)30-17-5-9-21-34(30)45/h1-11,13-27H. The summed E-state index contributed by atoms with van der Waals surface area (Å²) in [5.74, 6) is 1.67. The third-order valence-electron chi connectivity index (χ3n) is 9.29. The summed E-state index contributed by atoms with van der Waals surface area (Å²) in [4.78, 5) is 5.41. The van der Waals surface area contributed by atoms with Gasteiger partial charge in [-0.1, -0.05) is 91.0 Å². The largest absolute Gasteiger partial charge is 0.309 e. The second-order valence-corrected chi connectivity index (χ2v) is 11.7. The van der Waals surface area contributed by atoms with Crippen molar-refractivity contribution in [1.29, 1.82) is 0 Å². The van der Waals surface area contributed by atoms with Crippen LogP contribution < -0.4 is 0 Å². The SMILES string of the molecule is C1=CC=C(n2c3ccccc3c3c4c5ccccc5n(-c5ccccc5)c4ccc32)N=C(n2c3ccccc3c3ccccc32)C=1. The van der Waals surface area contributed by atoms with Gasteiger partial charge in [0.1, 0.15) is 11.7 Å². The van der Waals surface area contributed by atoms with Gasteiger partial charge in [0, 0.05) is 44.1 Å². The van der Waals surface area contributed by atoms with Gasteiger partial charge in [0.2, 0.25) is 0 Å². The lowest BCUT2D eigenvalue weighted by atomic mass is 10.1. The molecular weight excluding hydrogens is 560 g/mol. The fourth-order valence-corrected chi connectivity index (χ4v) is 7.46. The highest BCUT2D eigenvalue weighted by Gasteiger charge is 2.22. The molecule has 3 aromatic heterocycles. The van der Waals surface area contributed by atoms with Crippen LogP contribution in [0.2, 0.25) is 0 Å². The predicted molar refractivity (Wildman–Crippen MR) is 193 cm³/mol. The molecule has 46 heavy (non-hydrogen) atoms. The Hall–Kier alpha value is -6.35. The number of aliphatic imine (C=N–C) groups is 1. The molecule has 0 spiro atoms. The van der Waals surface area contributed by atoms with Crippen molar-refractivity contribution in [3.05, 3.63) is 163 Å². The molecule has 0 unspecified atom stereocenters. The molecule has 4 heterocycles. The fourth-order valence-electron chi connectivity index (χ4n) is 7.46. The normalized spacial score (nSPS) is 13.4. The van der Waals surface area contributed by atoms with E-state index in [9.17, 15) is 0 Å². The Bertz CT molecular complexity index is 2780. The van der Waals surface area contributed by atoms with Crippen molar-refractivity contribution in [3.8, 4) is 5.69 Å². The van der Waals surface area contributed by atoms with Crippen molar-refractivity contribution in [2.24, 2.45) is 4.99 Å². The quantitative estimate of drug-likeness (QED) is 0.180. The van der Waals surface area contributed by atoms with Crippen molar-refractivity contribution in [2.75, 3.05) is 0 Å². The summed E-state index contributed by atoms with van der Waals surface area (Å²) in [6.07, 6.45) is 6.03. The lowest BCUT2D eigenvalue weighted by Gasteiger charge is -2.12. The molecule has 0 bridgehead atoms. The Morgan fingerprint density at radius 1 is 0.413 bits per heavy atom. The van der Waals surface area contributed by atoms with Crippen LogP contribution >= 0.6 is 0 Å². The number of nitrogens with zero attached hydrogens (tertiary/aromatic N) is 4. The van der Waals surface area contributed by atoms with Crippen molar-refractivity contribution in [3.63, 3.8) is 0 Å². The molecule has 1 aliphatic heterocycles. The lowest BCUT2D eigenvalue weighted by molar-refractivity contribution is 1.15. The molecule has 214 valence electrons. The number of allylic oxidation sites excluding steroid dienone is 2. The van der Waals surface area contributed by atoms with Crippen molar-refractivity contribution >= 4 is 77.1 Å². The molecule has 0 saturated heterocycles. The van der Waals surface area contributed by atoms with Gasteiger partial charge in [-0.05, 0) is 60.7 Å². The zero-order valence-electron chi connectivity index (χ0n) is 24.8. The Labute approximate surface area is 264 Å². The highest BCUT2D eigenvalue weighted by atomic mass is 15.2. The van der Waals surface area contributed by atoms with E-state index in [0.29, 0.717) is 0 Å². The van der Waals surface area contributed by atoms with E-state index in [1.165, 1.54) is 43.4 Å². The first-order chi connectivity index (χ1) is 22.9. The Kier molecular flexibility index (Phi) is 5.21. The first-order valence-electron chi connectivity index (χ1n) is 15.6. The van der Waals surface area contributed by atoms with Gasteiger partial charge in [0.25, 0.3) is 0 Å². The minimum absolute atomic E-state index is 0.824. The molecule has 10 rings (SSSR count). The summed E-state index contributed by atoms with van der Waals surface area (Å²) < 4.78 is 6.94. The molecule has 4 heteroatoms. The smallest absolute Gasteiger partial charge is 0.147 e. The van der Waals surface area contributed by atoms with E-state index in [4.69, 9.17) is 4.99 Å². The van der Waals surface area contributed by atoms with Crippen molar-refractivity contribution in [2.45, 2.75) is 0 Å². The van der Waals surface area contributed by atoms with E-state index in [1.807, 2.05) is 12.2 Å². The zero-order valence-corrected chi connectivity index (χ0v) is 24.8. The van der Waals surface area contributed by atoms with Crippen molar-refractivity contribution in [1.82, 2.24) is 13.7 Å². The summed E-state index contributed by atoms with van der Waals surface area (Å²) in [6, 6.07) is 49.7. The summed E-state index contributed by atoms with van der Waals surface area (Å²) in [7, 11) is 0. The van der Waals surface area contributed by atoms with Gasteiger partial charge in [-0.2, -0.15) is 0 Å². The molecule has 1 aliphatic rings. The van der Waals surface area contributed by atoms with Gasteiger partial charge in [0.15, 0.2) is 0 Å². The average molecular weight is 587 g/mol. The van der Waals surface area contributed by atoms with Gasteiger partial charge in [-0.3, -0.25) is 9.13 Å². The van der Waals surface area contributed by atoms with E-state index in [2.05, 4.69) is 165 Å². The summed E-state index contributed by atoms with van der Waals surface area (Å²) >= 11 is 0. The second-order valence-electron chi connectivity index (χ2n) is 11.7. The van der Waals surface area contributed by atoms with Crippen LogP contribution in [-0.2, 0) is 0 Å². The number of para-hydroxylation sites is 5. The number of hydrogen-bond donors (Lipinski definition) is 0. The predicted octanol–water partition coefficient (Wildman–Crippen LogP) is 10.5. The van der Waals surface area contributed by atoms with Crippen LogP contribution in [0.25, 0.3) is 76.9 Å². The van der Waals surface area contributed by atoms with Crippen LogP contribution in [0.3, 0.4) is 0 Å². The van der Waals surface area contributed by atoms with E-state index < -0.39 is 0 Å². The van der Waals surface area contributed by atoms with E-state index in [0.717, 1.165) is 39.4 Å². The third kappa shape index (κ3) is 3.42. The zero-order chi connectivity index (χ0) is 30.2. The molecule has 0 saturated carbocycles. The van der Waals surface area contributed by atoms with E-state index in [-0.39, 0.29) is 0 Å². The summed E-state index contributed by atoms with van der Waals surface area (Å²) in [5.41, 5.74) is 11.4. The van der Waals surface area contributed by atoms with Crippen LogP contribution in [-0.4, -0.2) is 19.5 Å². The first kappa shape index (κ1) is 25.0. The first-order valence-corrected chi connectivity index (χ1v) is 15.6. The van der Waals surface area contributed by atoms with Gasteiger partial charge in [-0.25, -0.2) is 4.99 Å². The highest BCUT2D eigenvalue weighted by Crippen LogP contribution is 2.42.